The molecule has 0 fully saturated rings. The number of hydrogen-bond donors (Lipinski definition) is 1. The number of rotatable bonds is 11. The number of imidazole rings is 1. The van der Waals surface area contributed by atoms with Crippen molar-refractivity contribution in [1.82, 2.24) is 19.1 Å². The van der Waals surface area contributed by atoms with Crippen LogP contribution in [-0.2, 0) is 13.6 Å². The van der Waals surface area contributed by atoms with Gasteiger partial charge in [0.05, 0.1) is 0 Å². The number of thioether (sulfide) groups is 1. The van der Waals surface area contributed by atoms with Crippen LogP contribution in [-0.4, -0.2) is 24.9 Å². The topological polar surface area (TPSA) is 72.7 Å². The lowest BCUT2D eigenvalue weighted by molar-refractivity contribution is 0.586. The predicted octanol–water partition coefficient (Wildman–Crippen LogP) is 3.68. The molecule has 0 amide bonds. The number of hydrogen-bond acceptors (Lipinski definition) is 4. The van der Waals surface area contributed by atoms with E-state index in [0.29, 0.717) is 17.7 Å². The van der Waals surface area contributed by atoms with E-state index >= 15 is 0 Å². The van der Waals surface area contributed by atoms with E-state index in [1.807, 2.05) is 11.5 Å². The Hall–Kier alpha value is -1.50. The van der Waals surface area contributed by atoms with Crippen LogP contribution in [0.25, 0.3) is 11.2 Å². The first-order valence-corrected chi connectivity index (χ1v) is 10.4. The molecule has 0 radical (unpaired) electrons. The third kappa shape index (κ3) is 5.00. The summed E-state index contributed by atoms with van der Waals surface area (Å²) < 4.78 is 3.31. The van der Waals surface area contributed by atoms with Crippen molar-refractivity contribution in [2.24, 2.45) is 7.05 Å². The molecule has 0 atom stereocenters. The van der Waals surface area contributed by atoms with Gasteiger partial charge in [0.1, 0.15) is 0 Å². The lowest BCUT2D eigenvalue weighted by Gasteiger charge is -2.05. The van der Waals surface area contributed by atoms with E-state index in [0.717, 1.165) is 17.3 Å². The standard InChI is InChI=1S/C18H30N4O2S/c1-4-6-7-8-9-10-11-12-13-25-18-19-15-14(22(18)5-2)16(23)20-17(24)21(15)3/h4-13H2,1-3H3,(H,20,23,24). The number of fused-ring (bicyclic) bond motifs is 1. The maximum Gasteiger partial charge on any atom is 0.329 e. The smallest absolute Gasteiger partial charge is 0.313 e. The largest absolute Gasteiger partial charge is 0.329 e. The Balaban J connectivity index is 1.91. The Morgan fingerprint density at radius 3 is 2.28 bits per heavy atom. The maximum atomic E-state index is 12.1. The average molecular weight is 367 g/mol. The molecule has 0 spiro atoms. The summed E-state index contributed by atoms with van der Waals surface area (Å²) >= 11 is 1.68. The van der Waals surface area contributed by atoms with Gasteiger partial charge in [-0.3, -0.25) is 14.3 Å². The molecule has 0 bridgehead atoms. The summed E-state index contributed by atoms with van der Waals surface area (Å²) in [6, 6.07) is 0. The third-order valence-electron chi connectivity index (χ3n) is 4.52. The minimum Gasteiger partial charge on any atom is -0.313 e. The minimum absolute atomic E-state index is 0.355. The highest BCUT2D eigenvalue weighted by molar-refractivity contribution is 7.99. The fourth-order valence-corrected chi connectivity index (χ4v) is 4.08. The highest BCUT2D eigenvalue weighted by Crippen LogP contribution is 2.22. The number of H-pyrrole nitrogens is 1. The van der Waals surface area contributed by atoms with Crippen molar-refractivity contribution in [2.75, 3.05) is 5.75 Å². The first-order chi connectivity index (χ1) is 12.1. The Labute approximate surface area is 153 Å². The number of aromatic amines is 1. The predicted molar refractivity (Wildman–Crippen MR) is 105 cm³/mol. The van der Waals surface area contributed by atoms with Gasteiger partial charge in [-0.1, -0.05) is 63.6 Å². The molecular weight excluding hydrogens is 336 g/mol. The highest BCUT2D eigenvalue weighted by Gasteiger charge is 2.16. The second kappa shape index (κ2) is 9.85. The summed E-state index contributed by atoms with van der Waals surface area (Å²) in [5.41, 5.74) is 0.182. The molecule has 0 aliphatic rings. The van der Waals surface area contributed by atoms with Gasteiger partial charge in [-0.2, -0.15) is 0 Å². The summed E-state index contributed by atoms with van der Waals surface area (Å²) in [5, 5.41) is 0.826. The summed E-state index contributed by atoms with van der Waals surface area (Å²) in [5.74, 6) is 0.990. The number of aromatic nitrogens is 4. The molecular formula is C18H30N4O2S. The molecule has 6 nitrogen and oxygen atoms in total. The normalized spacial score (nSPS) is 11.5. The van der Waals surface area contributed by atoms with Gasteiger partial charge in [0.2, 0.25) is 0 Å². The first kappa shape index (κ1) is 19.8. The van der Waals surface area contributed by atoms with Gasteiger partial charge in [0, 0.05) is 19.3 Å². The van der Waals surface area contributed by atoms with Gasteiger partial charge >= 0.3 is 5.69 Å². The highest BCUT2D eigenvalue weighted by atomic mass is 32.2. The molecule has 25 heavy (non-hydrogen) atoms. The second-order valence-electron chi connectivity index (χ2n) is 6.45. The van der Waals surface area contributed by atoms with Gasteiger partial charge in [-0.15, -0.1) is 0 Å². The van der Waals surface area contributed by atoms with Crippen LogP contribution in [0.5, 0.6) is 0 Å². The molecule has 0 aromatic carbocycles. The molecule has 2 heterocycles. The van der Waals surface area contributed by atoms with Crippen LogP contribution in [0.1, 0.15) is 65.2 Å². The van der Waals surface area contributed by atoms with Crippen molar-refractivity contribution >= 4 is 22.9 Å². The molecule has 2 aromatic heterocycles. The lowest BCUT2D eigenvalue weighted by atomic mass is 10.1. The van der Waals surface area contributed by atoms with Gasteiger partial charge < -0.3 is 4.57 Å². The van der Waals surface area contributed by atoms with Crippen LogP contribution >= 0.6 is 11.8 Å². The maximum absolute atomic E-state index is 12.1. The molecule has 140 valence electrons. The first-order valence-electron chi connectivity index (χ1n) is 9.42. The van der Waals surface area contributed by atoms with Crippen LogP contribution in [0, 0.1) is 0 Å². The molecule has 0 saturated carbocycles. The number of nitrogens with one attached hydrogen (secondary N) is 1. The van der Waals surface area contributed by atoms with E-state index < -0.39 is 5.69 Å². The minimum atomic E-state index is -0.419. The van der Waals surface area contributed by atoms with Gasteiger partial charge in [0.25, 0.3) is 5.56 Å². The summed E-state index contributed by atoms with van der Waals surface area (Å²) in [4.78, 5) is 30.8. The number of unbranched alkanes of at least 4 members (excludes halogenated alkanes) is 7. The summed E-state index contributed by atoms with van der Waals surface area (Å²) in [7, 11) is 1.64. The zero-order chi connectivity index (χ0) is 18.2. The van der Waals surface area contributed by atoms with Crippen LogP contribution in [0.15, 0.2) is 14.7 Å². The van der Waals surface area contributed by atoms with Crippen LogP contribution in [0.3, 0.4) is 0 Å². The van der Waals surface area contributed by atoms with E-state index in [1.54, 1.807) is 18.8 Å². The van der Waals surface area contributed by atoms with Crippen molar-refractivity contribution in [3.8, 4) is 0 Å². The molecule has 1 N–H and O–H groups in total. The Morgan fingerprint density at radius 2 is 1.64 bits per heavy atom. The van der Waals surface area contributed by atoms with Crippen molar-refractivity contribution in [2.45, 2.75) is 76.9 Å². The van der Waals surface area contributed by atoms with Crippen LogP contribution in [0.4, 0.5) is 0 Å². The molecule has 0 saturated heterocycles. The van der Waals surface area contributed by atoms with E-state index in [1.165, 1.54) is 49.5 Å². The Kier molecular flexibility index (Phi) is 7.81. The fourth-order valence-electron chi connectivity index (χ4n) is 3.02. The van der Waals surface area contributed by atoms with Gasteiger partial charge in [-0.25, -0.2) is 9.78 Å². The van der Waals surface area contributed by atoms with Crippen molar-refractivity contribution < 1.29 is 0 Å². The third-order valence-corrected chi connectivity index (χ3v) is 5.58. The van der Waals surface area contributed by atoms with Crippen molar-refractivity contribution in [3.05, 3.63) is 20.8 Å². The molecule has 0 unspecified atom stereocenters. The zero-order valence-electron chi connectivity index (χ0n) is 15.6. The monoisotopic (exact) mass is 366 g/mol. The second-order valence-corrected chi connectivity index (χ2v) is 7.51. The molecule has 0 aliphatic carbocycles. The van der Waals surface area contributed by atoms with Crippen molar-refractivity contribution in [1.29, 1.82) is 0 Å². The molecule has 2 aromatic rings. The van der Waals surface area contributed by atoms with Crippen molar-refractivity contribution in [3.63, 3.8) is 0 Å². The quantitative estimate of drug-likeness (QED) is 0.486. The SMILES string of the molecule is CCCCCCCCCCSc1nc2c(c(=O)[nH]c(=O)n2C)n1CC. The summed E-state index contributed by atoms with van der Waals surface area (Å²) in [6.07, 6.45) is 10.4. The van der Waals surface area contributed by atoms with Crippen LogP contribution < -0.4 is 11.2 Å². The van der Waals surface area contributed by atoms with E-state index in [4.69, 9.17) is 0 Å². The Morgan fingerprint density at radius 1 is 1.00 bits per heavy atom. The van der Waals surface area contributed by atoms with E-state index in [9.17, 15) is 9.59 Å². The van der Waals surface area contributed by atoms with Gasteiger partial charge in [0.15, 0.2) is 16.3 Å². The van der Waals surface area contributed by atoms with E-state index in [2.05, 4.69) is 16.9 Å². The van der Waals surface area contributed by atoms with Crippen LogP contribution in [0.2, 0.25) is 0 Å². The zero-order valence-corrected chi connectivity index (χ0v) is 16.5. The van der Waals surface area contributed by atoms with Gasteiger partial charge in [-0.05, 0) is 13.3 Å². The molecule has 0 aliphatic heterocycles. The average Bonchev–Trinajstić information content (AvgIpc) is 2.97. The van der Waals surface area contributed by atoms with E-state index in [-0.39, 0.29) is 5.56 Å². The lowest BCUT2D eigenvalue weighted by Crippen LogP contribution is -2.29. The molecule has 7 heteroatoms. The summed E-state index contributed by atoms with van der Waals surface area (Å²) in [6.45, 7) is 4.90. The molecule has 2 rings (SSSR count). The number of nitrogens with zero attached hydrogens (tertiary/aromatic N) is 3. The fraction of sp³-hybridized carbons (Fsp3) is 0.722. The Bertz CT molecular complexity index is 791. The number of aryl methyl sites for hydroxylation is 2.